The SMILES string of the molecule is COC(=O)N[C@@H](CC(C)C)C(=O)N(CC(O)c1csc(-c2ccccc2OCc2ccccc2)n1)c1ccncc1. The zero-order valence-electron chi connectivity index (χ0n) is 23.3. The van der Waals surface area contributed by atoms with Crippen LogP contribution in [0.2, 0.25) is 0 Å². The van der Waals surface area contributed by atoms with Gasteiger partial charge >= 0.3 is 6.09 Å². The van der Waals surface area contributed by atoms with E-state index in [1.807, 2.05) is 68.4 Å². The molecule has 0 aliphatic carbocycles. The second-order valence-corrected chi connectivity index (χ2v) is 10.7. The summed E-state index contributed by atoms with van der Waals surface area (Å²) in [6, 6.07) is 20.1. The van der Waals surface area contributed by atoms with Gasteiger partial charge < -0.3 is 24.8 Å². The second kappa shape index (κ2) is 14.4. The standard InChI is InChI=1S/C31H34N4O5S/c1-21(2)17-25(34-31(38)39-3)30(37)35(23-13-15-32-16-14-23)18-27(36)26-20-41-29(33-26)24-11-7-8-12-28(24)40-19-22-9-5-4-6-10-22/h4-16,20-21,25,27,36H,17-19H2,1-3H3,(H,34,38)/t25-,27?/m0/s1. The van der Waals surface area contributed by atoms with E-state index in [0.717, 1.165) is 11.1 Å². The molecule has 9 nitrogen and oxygen atoms in total. The summed E-state index contributed by atoms with van der Waals surface area (Å²) in [5, 5.41) is 16.4. The molecule has 4 aromatic rings. The Morgan fingerprint density at radius 2 is 1.73 bits per heavy atom. The molecular formula is C31H34N4O5S. The van der Waals surface area contributed by atoms with Crippen molar-refractivity contribution in [3.63, 3.8) is 0 Å². The molecule has 2 aromatic heterocycles. The maximum Gasteiger partial charge on any atom is 0.407 e. The summed E-state index contributed by atoms with van der Waals surface area (Å²) in [6.07, 6.45) is 1.75. The minimum absolute atomic E-state index is 0.0738. The Balaban J connectivity index is 1.55. The number of methoxy groups -OCH3 is 1. The molecule has 0 aliphatic heterocycles. The van der Waals surface area contributed by atoms with Crippen molar-refractivity contribution in [3.8, 4) is 16.3 Å². The van der Waals surface area contributed by atoms with E-state index in [1.165, 1.54) is 23.3 Å². The molecule has 214 valence electrons. The van der Waals surface area contributed by atoms with Gasteiger partial charge in [0.1, 0.15) is 29.5 Å². The number of thiazole rings is 1. The highest BCUT2D eigenvalue weighted by Crippen LogP contribution is 2.34. The number of aliphatic hydroxyl groups is 1. The number of rotatable bonds is 12. The van der Waals surface area contributed by atoms with Crippen molar-refractivity contribution in [2.45, 2.75) is 39.0 Å². The first kappa shape index (κ1) is 29.7. The summed E-state index contributed by atoms with van der Waals surface area (Å²) < 4.78 is 10.8. The lowest BCUT2D eigenvalue weighted by atomic mass is 10.0. The number of para-hydroxylation sites is 1. The van der Waals surface area contributed by atoms with Crippen molar-refractivity contribution < 1.29 is 24.2 Å². The number of hydrogen-bond acceptors (Lipinski definition) is 8. The number of anilines is 1. The number of benzene rings is 2. The molecule has 1 unspecified atom stereocenters. The predicted octanol–water partition coefficient (Wildman–Crippen LogP) is 5.62. The third-order valence-electron chi connectivity index (χ3n) is 6.30. The van der Waals surface area contributed by atoms with Gasteiger partial charge in [-0.3, -0.25) is 9.78 Å². The molecule has 2 N–H and O–H groups in total. The number of hydrogen-bond donors (Lipinski definition) is 2. The molecule has 0 fully saturated rings. The van der Waals surface area contributed by atoms with Crippen molar-refractivity contribution >= 4 is 29.0 Å². The Labute approximate surface area is 243 Å². The van der Waals surface area contributed by atoms with Crippen LogP contribution in [0.3, 0.4) is 0 Å². The zero-order valence-corrected chi connectivity index (χ0v) is 24.1. The lowest BCUT2D eigenvalue weighted by Crippen LogP contribution is -2.50. The average Bonchev–Trinajstić information content (AvgIpc) is 3.49. The monoisotopic (exact) mass is 574 g/mol. The average molecular weight is 575 g/mol. The van der Waals surface area contributed by atoms with Crippen molar-refractivity contribution in [1.82, 2.24) is 15.3 Å². The summed E-state index contributed by atoms with van der Waals surface area (Å²) in [5.41, 5.74) is 2.83. The smallest absolute Gasteiger partial charge is 0.407 e. The third kappa shape index (κ3) is 8.12. The van der Waals surface area contributed by atoms with Crippen molar-refractivity contribution in [2.75, 3.05) is 18.6 Å². The van der Waals surface area contributed by atoms with Crippen LogP contribution in [-0.4, -0.2) is 46.8 Å². The fourth-order valence-corrected chi connectivity index (χ4v) is 5.16. The molecule has 2 aromatic carbocycles. The van der Waals surface area contributed by atoms with Crippen LogP contribution in [0.4, 0.5) is 10.5 Å². The van der Waals surface area contributed by atoms with Crippen LogP contribution in [-0.2, 0) is 16.1 Å². The first-order chi connectivity index (χ1) is 19.9. The number of ether oxygens (including phenoxy) is 2. The maximum absolute atomic E-state index is 13.7. The molecule has 4 rings (SSSR count). The predicted molar refractivity (Wildman–Crippen MR) is 159 cm³/mol. The molecule has 0 saturated heterocycles. The number of nitrogens with zero attached hydrogens (tertiary/aromatic N) is 3. The maximum atomic E-state index is 13.7. The quantitative estimate of drug-likeness (QED) is 0.226. The Bertz CT molecular complexity index is 1410. The van der Waals surface area contributed by atoms with E-state index in [2.05, 4.69) is 10.3 Å². The largest absolute Gasteiger partial charge is 0.488 e. The van der Waals surface area contributed by atoms with Crippen molar-refractivity contribution in [3.05, 3.63) is 95.8 Å². The summed E-state index contributed by atoms with van der Waals surface area (Å²) >= 11 is 1.39. The minimum atomic E-state index is -1.09. The summed E-state index contributed by atoms with van der Waals surface area (Å²) in [6.45, 7) is 4.26. The summed E-state index contributed by atoms with van der Waals surface area (Å²) in [7, 11) is 1.25. The van der Waals surface area contributed by atoms with E-state index < -0.39 is 18.2 Å². The highest BCUT2D eigenvalue weighted by atomic mass is 32.1. The van der Waals surface area contributed by atoms with Crippen LogP contribution in [0.15, 0.2) is 84.5 Å². The van der Waals surface area contributed by atoms with E-state index >= 15 is 0 Å². The van der Waals surface area contributed by atoms with E-state index in [4.69, 9.17) is 14.5 Å². The Kier molecular flexibility index (Phi) is 10.4. The molecule has 41 heavy (non-hydrogen) atoms. The molecule has 0 spiro atoms. The summed E-state index contributed by atoms with van der Waals surface area (Å²) in [4.78, 5) is 36.0. The zero-order chi connectivity index (χ0) is 29.2. The van der Waals surface area contributed by atoms with Crippen LogP contribution in [0.5, 0.6) is 5.75 Å². The van der Waals surface area contributed by atoms with Crippen molar-refractivity contribution in [2.24, 2.45) is 5.92 Å². The number of alkyl carbamates (subject to hydrolysis) is 1. The molecule has 0 bridgehead atoms. The fourth-order valence-electron chi connectivity index (χ4n) is 4.26. The molecule has 2 heterocycles. The number of pyridine rings is 1. The van der Waals surface area contributed by atoms with Gasteiger partial charge in [0.15, 0.2) is 0 Å². The topological polar surface area (TPSA) is 114 Å². The highest BCUT2D eigenvalue weighted by molar-refractivity contribution is 7.13. The Hall–Kier alpha value is -4.28. The number of carbonyl (C=O) groups is 2. The van der Waals surface area contributed by atoms with Crippen LogP contribution < -0.4 is 15.0 Å². The van der Waals surface area contributed by atoms with Crippen LogP contribution in [0.25, 0.3) is 10.6 Å². The molecule has 0 radical (unpaired) electrons. The first-order valence-corrected chi connectivity index (χ1v) is 14.2. The third-order valence-corrected chi connectivity index (χ3v) is 7.19. The molecule has 0 saturated carbocycles. The molecule has 0 aliphatic rings. The molecule has 2 atom stereocenters. The summed E-state index contributed by atoms with van der Waals surface area (Å²) in [5.74, 6) is 0.436. The number of aliphatic hydroxyl groups excluding tert-OH is 1. The molecule has 2 amide bonds. The van der Waals surface area contributed by atoms with Gasteiger partial charge in [-0.05, 0) is 42.2 Å². The van der Waals surface area contributed by atoms with Gasteiger partial charge in [0.05, 0.1) is 24.9 Å². The first-order valence-electron chi connectivity index (χ1n) is 13.3. The number of amides is 2. The van der Waals surface area contributed by atoms with E-state index in [9.17, 15) is 14.7 Å². The second-order valence-electron chi connectivity index (χ2n) is 9.84. The van der Waals surface area contributed by atoms with Crippen LogP contribution in [0.1, 0.15) is 37.6 Å². The number of aromatic nitrogens is 2. The van der Waals surface area contributed by atoms with E-state index in [0.29, 0.717) is 35.2 Å². The lowest BCUT2D eigenvalue weighted by molar-refractivity contribution is -0.121. The Morgan fingerprint density at radius 1 is 1.02 bits per heavy atom. The van der Waals surface area contributed by atoms with Gasteiger partial charge in [0, 0.05) is 23.5 Å². The minimum Gasteiger partial charge on any atom is -0.488 e. The van der Waals surface area contributed by atoms with Gasteiger partial charge in [-0.25, -0.2) is 9.78 Å². The van der Waals surface area contributed by atoms with Crippen LogP contribution >= 0.6 is 11.3 Å². The number of nitrogens with one attached hydrogen (secondary N) is 1. The van der Waals surface area contributed by atoms with Gasteiger partial charge in [-0.15, -0.1) is 11.3 Å². The Morgan fingerprint density at radius 3 is 2.44 bits per heavy atom. The van der Waals surface area contributed by atoms with E-state index in [-0.39, 0.29) is 18.4 Å². The molecular weight excluding hydrogens is 540 g/mol. The van der Waals surface area contributed by atoms with Gasteiger partial charge in [0.2, 0.25) is 5.91 Å². The lowest BCUT2D eigenvalue weighted by Gasteiger charge is -2.29. The van der Waals surface area contributed by atoms with Gasteiger partial charge in [0.25, 0.3) is 0 Å². The van der Waals surface area contributed by atoms with Gasteiger partial charge in [-0.2, -0.15) is 0 Å². The van der Waals surface area contributed by atoms with Crippen molar-refractivity contribution in [1.29, 1.82) is 0 Å². The fraction of sp³-hybridized carbons (Fsp3) is 0.290. The highest BCUT2D eigenvalue weighted by Gasteiger charge is 2.30. The van der Waals surface area contributed by atoms with E-state index in [1.54, 1.807) is 29.9 Å². The normalized spacial score (nSPS) is 12.4. The van der Waals surface area contributed by atoms with Gasteiger partial charge in [-0.1, -0.05) is 56.3 Å². The molecule has 10 heteroatoms. The number of carbonyl (C=O) groups excluding carboxylic acids is 2. The van der Waals surface area contributed by atoms with Crippen LogP contribution in [0, 0.1) is 5.92 Å².